The Morgan fingerprint density at radius 2 is 2.00 bits per heavy atom. The lowest BCUT2D eigenvalue weighted by molar-refractivity contribution is -0.113. The van der Waals surface area contributed by atoms with Crippen LogP contribution in [0, 0.1) is 0 Å². The van der Waals surface area contributed by atoms with E-state index in [0.29, 0.717) is 10.8 Å². The van der Waals surface area contributed by atoms with E-state index < -0.39 is 0 Å². The van der Waals surface area contributed by atoms with Crippen molar-refractivity contribution < 1.29 is 4.79 Å². The van der Waals surface area contributed by atoms with Gasteiger partial charge in [-0.1, -0.05) is 23.7 Å². The Bertz CT molecular complexity index is 692. The number of nitrogens with zero attached hydrogens (tertiary/aromatic N) is 1. The molecule has 0 bridgehead atoms. The van der Waals surface area contributed by atoms with Gasteiger partial charge in [0.1, 0.15) is 5.50 Å². The molecule has 120 valence electrons. The van der Waals surface area contributed by atoms with Crippen molar-refractivity contribution in [2.24, 2.45) is 0 Å². The van der Waals surface area contributed by atoms with E-state index >= 15 is 0 Å². The number of halogens is 1. The molecule has 6 heteroatoms. The lowest BCUT2D eigenvalue weighted by Gasteiger charge is -2.24. The summed E-state index contributed by atoms with van der Waals surface area (Å²) in [6, 6.07) is 15.3. The second kappa shape index (κ2) is 7.15. The van der Waals surface area contributed by atoms with Crippen LogP contribution in [0.25, 0.3) is 0 Å². The van der Waals surface area contributed by atoms with E-state index in [4.69, 9.17) is 11.6 Å². The Morgan fingerprint density at radius 3 is 2.74 bits per heavy atom. The molecule has 3 rings (SSSR count). The van der Waals surface area contributed by atoms with Gasteiger partial charge in [0.05, 0.1) is 17.1 Å². The van der Waals surface area contributed by atoms with Crippen LogP contribution in [0.1, 0.15) is 6.92 Å². The molecule has 1 heterocycles. The lowest BCUT2D eigenvalue weighted by Crippen LogP contribution is -2.34. The van der Waals surface area contributed by atoms with Gasteiger partial charge in [0.2, 0.25) is 5.91 Å². The Labute approximate surface area is 145 Å². The Morgan fingerprint density at radius 1 is 1.26 bits per heavy atom. The number of rotatable bonds is 5. The zero-order chi connectivity index (χ0) is 16.2. The molecule has 1 amide bonds. The molecule has 1 aliphatic rings. The van der Waals surface area contributed by atoms with Crippen LogP contribution in [0.15, 0.2) is 48.5 Å². The predicted octanol–water partition coefficient (Wildman–Crippen LogP) is 4.25. The number of benzene rings is 2. The van der Waals surface area contributed by atoms with Crippen LogP contribution in [0.2, 0.25) is 5.02 Å². The molecular formula is C17H18ClN3OS. The highest BCUT2D eigenvalue weighted by atomic mass is 35.5. The highest BCUT2D eigenvalue weighted by Gasteiger charge is 2.27. The summed E-state index contributed by atoms with van der Waals surface area (Å²) < 4.78 is 0. The first-order valence-electron chi connectivity index (χ1n) is 7.46. The van der Waals surface area contributed by atoms with Crippen molar-refractivity contribution in [2.45, 2.75) is 12.4 Å². The number of anilines is 3. The normalized spacial score (nSPS) is 15.9. The number of amides is 1. The summed E-state index contributed by atoms with van der Waals surface area (Å²) in [6.45, 7) is 3.01. The Hall–Kier alpha value is -1.85. The van der Waals surface area contributed by atoms with Crippen LogP contribution in [-0.2, 0) is 4.79 Å². The summed E-state index contributed by atoms with van der Waals surface area (Å²) in [5, 5.41) is 6.99. The van der Waals surface area contributed by atoms with Crippen LogP contribution in [0.3, 0.4) is 0 Å². The predicted molar refractivity (Wildman–Crippen MR) is 99.4 cm³/mol. The minimum atomic E-state index is -0.0221. The van der Waals surface area contributed by atoms with Crippen molar-refractivity contribution in [3.8, 4) is 0 Å². The molecule has 0 aromatic heterocycles. The van der Waals surface area contributed by atoms with Gasteiger partial charge < -0.3 is 15.5 Å². The number of para-hydroxylation sites is 2. The summed E-state index contributed by atoms with van der Waals surface area (Å²) in [7, 11) is 0. The molecule has 0 radical (unpaired) electrons. The van der Waals surface area contributed by atoms with Crippen molar-refractivity contribution in [1.82, 2.24) is 0 Å². The van der Waals surface area contributed by atoms with Crippen LogP contribution < -0.4 is 15.5 Å². The fraction of sp³-hybridized carbons (Fsp3) is 0.235. The van der Waals surface area contributed by atoms with E-state index in [2.05, 4.69) is 34.6 Å². The number of fused-ring (bicyclic) bond motifs is 1. The van der Waals surface area contributed by atoms with Gasteiger partial charge in [-0.25, -0.2) is 0 Å². The van der Waals surface area contributed by atoms with Crippen molar-refractivity contribution in [3.63, 3.8) is 0 Å². The van der Waals surface area contributed by atoms with Gasteiger partial charge >= 0.3 is 0 Å². The van der Waals surface area contributed by atoms with Gasteiger partial charge in [-0.2, -0.15) is 0 Å². The van der Waals surface area contributed by atoms with E-state index in [0.717, 1.165) is 17.9 Å². The lowest BCUT2D eigenvalue weighted by atomic mass is 10.3. The number of hydrogen-bond acceptors (Lipinski definition) is 4. The smallest absolute Gasteiger partial charge is 0.234 e. The number of hydrogen-bond donors (Lipinski definition) is 2. The molecule has 1 aliphatic heterocycles. The maximum atomic E-state index is 12.1. The largest absolute Gasteiger partial charge is 0.355 e. The van der Waals surface area contributed by atoms with Crippen LogP contribution in [0.5, 0.6) is 0 Å². The highest BCUT2D eigenvalue weighted by molar-refractivity contribution is 8.00. The molecule has 4 nitrogen and oxygen atoms in total. The second-order valence-corrected chi connectivity index (χ2v) is 6.67. The third kappa shape index (κ3) is 3.74. The summed E-state index contributed by atoms with van der Waals surface area (Å²) in [4.78, 5) is 14.4. The van der Waals surface area contributed by atoms with Gasteiger partial charge in [0.25, 0.3) is 0 Å². The first-order chi connectivity index (χ1) is 11.2. The topological polar surface area (TPSA) is 44.4 Å². The summed E-state index contributed by atoms with van der Waals surface area (Å²) in [5.74, 6) is 0.358. The third-order valence-corrected chi connectivity index (χ3v) is 4.99. The number of nitrogens with one attached hydrogen (secondary N) is 2. The fourth-order valence-electron chi connectivity index (χ4n) is 2.54. The maximum Gasteiger partial charge on any atom is 0.234 e. The van der Waals surface area contributed by atoms with Crippen molar-refractivity contribution in [3.05, 3.63) is 53.6 Å². The minimum absolute atomic E-state index is 0.0221. The van der Waals surface area contributed by atoms with Gasteiger partial charge in [-0.05, 0) is 43.3 Å². The molecular weight excluding hydrogens is 330 g/mol. The monoisotopic (exact) mass is 347 g/mol. The number of carbonyl (C=O) groups excluding carboxylic acids is 1. The molecule has 0 saturated carbocycles. The van der Waals surface area contributed by atoms with Crippen LogP contribution >= 0.6 is 23.4 Å². The minimum Gasteiger partial charge on any atom is -0.355 e. The Balaban J connectivity index is 1.56. The number of carbonyl (C=O) groups is 1. The van der Waals surface area contributed by atoms with Crippen LogP contribution in [0.4, 0.5) is 17.1 Å². The zero-order valence-corrected chi connectivity index (χ0v) is 14.3. The van der Waals surface area contributed by atoms with Gasteiger partial charge in [0.15, 0.2) is 0 Å². The van der Waals surface area contributed by atoms with E-state index in [1.807, 2.05) is 12.1 Å². The van der Waals surface area contributed by atoms with Gasteiger partial charge in [-0.3, -0.25) is 4.79 Å². The Kier molecular flexibility index (Phi) is 4.98. The summed E-state index contributed by atoms with van der Waals surface area (Å²) in [6.07, 6.45) is 0. The van der Waals surface area contributed by atoms with Crippen molar-refractivity contribution in [1.29, 1.82) is 0 Å². The second-order valence-electron chi connectivity index (χ2n) is 5.17. The standard InChI is InChI=1S/C17H18ClN3OS/c1-2-21-15-6-4-3-5-14(15)20-17(21)23-11-16(22)19-13-9-7-12(18)8-10-13/h3-10,17,20H,2,11H2,1H3,(H,19,22). The van der Waals surface area contributed by atoms with E-state index in [9.17, 15) is 4.79 Å². The summed E-state index contributed by atoms with van der Waals surface area (Å²) >= 11 is 7.42. The third-order valence-electron chi connectivity index (χ3n) is 3.62. The van der Waals surface area contributed by atoms with E-state index in [1.165, 1.54) is 5.69 Å². The molecule has 0 fully saturated rings. The highest BCUT2D eigenvalue weighted by Crippen LogP contribution is 2.37. The molecule has 2 aromatic carbocycles. The van der Waals surface area contributed by atoms with E-state index in [-0.39, 0.29) is 11.4 Å². The fourth-order valence-corrected chi connectivity index (χ4v) is 3.70. The molecule has 23 heavy (non-hydrogen) atoms. The average Bonchev–Trinajstić information content (AvgIpc) is 2.92. The molecule has 1 atom stereocenters. The zero-order valence-electron chi connectivity index (χ0n) is 12.8. The quantitative estimate of drug-likeness (QED) is 0.848. The SMILES string of the molecule is CCN1c2ccccc2NC1SCC(=O)Nc1ccc(Cl)cc1. The molecule has 2 N–H and O–H groups in total. The first-order valence-corrected chi connectivity index (χ1v) is 8.89. The van der Waals surface area contributed by atoms with Crippen molar-refractivity contribution in [2.75, 3.05) is 27.8 Å². The van der Waals surface area contributed by atoms with Gasteiger partial charge in [0, 0.05) is 17.3 Å². The molecule has 0 spiro atoms. The molecule has 2 aromatic rings. The van der Waals surface area contributed by atoms with E-state index in [1.54, 1.807) is 36.0 Å². The number of thioether (sulfide) groups is 1. The molecule has 0 aliphatic carbocycles. The van der Waals surface area contributed by atoms with Crippen LogP contribution in [-0.4, -0.2) is 23.7 Å². The molecule has 1 unspecified atom stereocenters. The first kappa shape index (κ1) is 16.0. The molecule has 0 saturated heterocycles. The summed E-state index contributed by atoms with van der Waals surface area (Å²) in [5.41, 5.74) is 3.14. The van der Waals surface area contributed by atoms with Gasteiger partial charge in [-0.15, -0.1) is 11.8 Å². The van der Waals surface area contributed by atoms with Crippen molar-refractivity contribution >= 4 is 46.3 Å². The average molecular weight is 348 g/mol. The maximum absolute atomic E-state index is 12.1.